The Morgan fingerprint density at radius 3 is 2.71 bits per heavy atom. The van der Waals surface area contributed by atoms with Crippen LogP contribution in [0, 0.1) is 0 Å². The SMILES string of the molecule is COCc1cc(-c2ccc(C(=O)O)cc2)no1. The summed E-state index contributed by atoms with van der Waals surface area (Å²) in [6.07, 6.45) is 0. The molecule has 1 aromatic carbocycles. The quantitative estimate of drug-likeness (QED) is 0.876. The first-order chi connectivity index (χ1) is 8.20. The Balaban J connectivity index is 2.23. The molecular formula is C12H11NO4. The molecule has 0 fully saturated rings. The number of aromatic nitrogens is 1. The van der Waals surface area contributed by atoms with E-state index in [1.807, 2.05) is 0 Å². The molecule has 0 aliphatic rings. The van der Waals surface area contributed by atoms with Crippen molar-refractivity contribution in [3.8, 4) is 11.3 Å². The maximum Gasteiger partial charge on any atom is 0.335 e. The monoisotopic (exact) mass is 233 g/mol. The lowest BCUT2D eigenvalue weighted by molar-refractivity contribution is 0.0697. The van der Waals surface area contributed by atoms with Gasteiger partial charge in [-0.15, -0.1) is 0 Å². The first kappa shape index (κ1) is 11.3. The van der Waals surface area contributed by atoms with Gasteiger partial charge < -0.3 is 14.4 Å². The summed E-state index contributed by atoms with van der Waals surface area (Å²) in [5.74, 6) is -0.318. The van der Waals surface area contributed by atoms with E-state index in [-0.39, 0.29) is 5.56 Å². The van der Waals surface area contributed by atoms with E-state index in [0.717, 1.165) is 5.56 Å². The average Bonchev–Trinajstić information content (AvgIpc) is 2.78. The van der Waals surface area contributed by atoms with Crippen LogP contribution in [0.3, 0.4) is 0 Å². The number of aromatic carboxylic acids is 1. The number of hydrogen-bond acceptors (Lipinski definition) is 4. The molecule has 0 aliphatic heterocycles. The van der Waals surface area contributed by atoms with Crippen molar-refractivity contribution in [3.63, 3.8) is 0 Å². The number of rotatable bonds is 4. The van der Waals surface area contributed by atoms with Gasteiger partial charge in [0.15, 0.2) is 5.76 Å². The summed E-state index contributed by atoms with van der Waals surface area (Å²) < 4.78 is 9.96. The molecule has 0 atom stereocenters. The highest BCUT2D eigenvalue weighted by molar-refractivity contribution is 5.88. The minimum atomic E-state index is -0.947. The third kappa shape index (κ3) is 2.51. The van der Waals surface area contributed by atoms with Gasteiger partial charge in [0.05, 0.1) is 5.56 Å². The van der Waals surface area contributed by atoms with Crippen molar-refractivity contribution in [2.75, 3.05) is 7.11 Å². The Kier molecular flexibility index (Phi) is 3.20. The Bertz CT molecular complexity index is 516. The minimum absolute atomic E-state index is 0.245. The molecule has 0 bridgehead atoms. The Labute approximate surface area is 97.6 Å². The number of hydrogen-bond donors (Lipinski definition) is 1. The third-order valence-electron chi connectivity index (χ3n) is 2.27. The third-order valence-corrected chi connectivity index (χ3v) is 2.27. The number of carbonyl (C=O) groups is 1. The molecule has 1 N–H and O–H groups in total. The second kappa shape index (κ2) is 4.80. The molecule has 0 radical (unpaired) electrons. The van der Waals surface area contributed by atoms with Crippen molar-refractivity contribution in [2.45, 2.75) is 6.61 Å². The predicted octanol–water partition coefficient (Wildman–Crippen LogP) is 2.19. The molecule has 0 aliphatic carbocycles. The Morgan fingerprint density at radius 2 is 2.12 bits per heavy atom. The summed E-state index contributed by atoms with van der Waals surface area (Å²) in [7, 11) is 1.57. The summed E-state index contributed by atoms with van der Waals surface area (Å²) in [4.78, 5) is 10.7. The van der Waals surface area contributed by atoms with Crippen molar-refractivity contribution in [2.24, 2.45) is 0 Å². The maximum atomic E-state index is 10.7. The number of carboxylic acids is 1. The molecular weight excluding hydrogens is 222 g/mol. The van der Waals surface area contributed by atoms with Crippen molar-refractivity contribution >= 4 is 5.97 Å². The van der Waals surface area contributed by atoms with Crippen molar-refractivity contribution < 1.29 is 19.2 Å². The van der Waals surface area contributed by atoms with Crippen LogP contribution < -0.4 is 0 Å². The molecule has 17 heavy (non-hydrogen) atoms. The number of benzene rings is 1. The van der Waals surface area contributed by atoms with Crippen molar-refractivity contribution in [1.82, 2.24) is 5.16 Å². The highest BCUT2D eigenvalue weighted by atomic mass is 16.5. The lowest BCUT2D eigenvalue weighted by Crippen LogP contribution is -1.94. The summed E-state index contributed by atoms with van der Waals surface area (Å²) in [5, 5.41) is 12.6. The fourth-order valence-corrected chi connectivity index (χ4v) is 1.44. The van der Waals surface area contributed by atoms with E-state index in [2.05, 4.69) is 5.16 Å². The number of ether oxygens (including phenoxy) is 1. The molecule has 88 valence electrons. The van der Waals surface area contributed by atoms with Gasteiger partial charge in [0.2, 0.25) is 0 Å². The van der Waals surface area contributed by atoms with Crippen LogP contribution >= 0.6 is 0 Å². The molecule has 0 unspecified atom stereocenters. The van der Waals surface area contributed by atoms with Gasteiger partial charge in [-0.25, -0.2) is 4.79 Å². The molecule has 0 spiro atoms. The van der Waals surface area contributed by atoms with Crippen molar-refractivity contribution in [3.05, 3.63) is 41.7 Å². The van der Waals surface area contributed by atoms with E-state index in [1.165, 1.54) is 12.1 Å². The van der Waals surface area contributed by atoms with Crippen LogP contribution in [0.4, 0.5) is 0 Å². The zero-order chi connectivity index (χ0) is 12.3. The molecule has 5 nitrogen and oxygen atoms in total. The maximum absolute atomic E-state index is 10.7. The number of carboxylic acid groups (broad SMARTS) is 1. The first-order valence-corrected chi connectivity index (χ1v) is 4.99. The smallest absolute Gasteiger partial charge is 0.335 e. The van der Waals surface area contributed by atoms with Gasteiger partial charge in [0, 0.05) is 18.7 Å². The van der Waals surface area contributed by atoms with Crippen LogP contribution in [0.1, 0.15) is 16.1 Å². The van der Waals surface area contributed by atoms with Gasteiger partial charge in [0.1, 0.15) is 12.3 Å². The normalized spacial score (nSPS) is 10.4. The van der Waals surface area contributed by atoms with Gasteiger partial charge in [-0.1, -0.05) is 17.3 Å². The van der Waals surface area contributed by atoms with Crippen LogP contribution in [0.15, 0.2) is 34.9 Å². The predicted molar refractivity (Wildman–Crippen MR) is 59.6 cm³/mol. The molecule has 2 aromatic rings. The van der Waals surface area contributed by atoms with Gasteiger partial charge in [0.25, 0.3) is 0 Å². The van der Waals surface area contributed by atoms with Crippen molar-refractivity contribution in [1.29, 1.82) is 0 Å². The highest BCUT2D eigenvalue weighted by Gasteiger charge is 2.07. The summed E-state index contributed by atoms with van der Waals surface area (Å²) in [5.41, 5.74) is 1.71. The second-order valence-electron chi connectivity index (χ2n) is 3.49. The van der Waals surface area contributed by atoms with Crippen LogP contribution in [-0.4, -0.2) is 23.3 Å². The minimum Gasteiger partial charge on any atom is -0.478 e. The molecule has 1 heterocycles. The zero-order valence-corrected chi connectivity index (χ0v) is 9.21. The van der Waals surface area contributed by atoms with Crippen LogP contribution in [0.25, 0.3) is 11.3 Å². The second-order valence-corrected chi connectivity index (χ2v) is 3.49. The topological polar surface area (TPSA) is 72.6 Å². The molecule has 1 aromatic heterocycles. The number of nitrogens with zero attached hydrogens (tertiary/aromatic N) is 1. The van der Waals surface area contributed by atoms with Gasteiger partial charge >= 0.3 is 5.97 Å². The van der Waals surface area contributed by atoms with E-state index in [1.54, 1.807) is 25.3 Å². The van der Waals surface area contributed by atoms with Gasteiger partial charge in [-0.3, -0.25) is 0 Å². The molecule has 5 heteroatoms. The lowest BCUT2D eigenvalue weighted by atomic mass is 10.1. The Morgan fingerprint density at radius 1 is 1.41 bits per heavy atom. The molecule has 0 amide bonds. The van der Waals surface area contributed by atoms with Crippen LogP contribution in [0.5, 0.6) is 0 Å². The molecule has 0 saturated carbocycles. The van der Waals surface area contributed by atoms with E-state index in [4.69, 9.17) is 14.4 Å². The van der Waals surface area contributed by atoms with Gasteiger partial charge in [-0.2, -0.15) is 0 Å². The summed E-state index contributed by atoms with van der Waals surface area (Å²) in [6, 6.07) is 8.21. The zero-order valence-electron chi connectivity index (χ0n) is 9.21. The summed E-state index contributed by atoms with van der Waals surface area (Å²) in [6.45, 7) is 0.361. The summed E-state index contributed by atoms with van der Waals surface area (Å²) >= 11 is 0. The molecule has 0 saturated heterocycles. The van der Waals surface area contributed by atoms with Crippen LogP contribution in [0.2, 0.25) is 0 Å². The number of methoxy groups -OCH3 is 1. The highest BCUT2D eigenvalue weighted by Crippen LogP contribution is 2.20. The van der Waals surface area contributed by atoms with Crippen LogP contribution in [-0.2, 0) is 11.3 Å². The standard InChI is InChI=1S/C12H11NO4/c1-16-7-10-6-11(13-17-10)8-2-4-9(5-3-8)12(14)15/h2-6H,7H2,1H3,(H,14,15). The Hall–Kier alpha value is -2.14. The van der Waals surface area contributed by atoms with E-state index < -0.39 is 5.97 Å². The fourth-order valence-electron chi connectivity index (χ4n) is 1.44. The lowest BCUT2D eigenvalue weighted by Gasteiger charge is -1.96. The van der Waals surface area contributed by atoms with E-state index in [0.29, 0.717) is 18.1 Å². The molecule has 2 rings (SSSR count). The van der Waals surface area contributed by atoms with E-state index in [9.17, 15) is 4.79 Å². The largest absolute Gasteiger partial charge is 0.478 e. The average molecular weight is 233 g/mol. The fraction of sp³-hybridized carbons (Fsp3) is 0.167. The van der Waals surface area contributed by atoms with E-state index >= 15 is 0 Å². The van der Waals surface area contributed by atoms with Gasteiger partial charge in [-0.05, 0) is 12.1 Å². The first-order valence-electron chi connectivity index (χ1n) is 4.99.